The highest BCUT2D eigenvalue weighted by Crippen LogP contribution is 2.23. The Balaban J connectivity index is 1.47. The predicted octanol–water partition coefficient (Wildman–Crippen LogP) is 2.71. The van der Waals surface area contributed by atoms with Crippen LogP contribution in [0.15, 0.2) is 36.4 Å². The van der Waals surface area contributed by atoms with Crippen molar-refractivity contribution >= 4 is 17.5 Å². The third-order valence-corrected chi connectivity index (χ3v) is 4.94. The molecule has 2 aliphatic heterocycles. The van der Waals surface area contributed by atoms with E-state index in [4.69, 9.17) is 9.97 Å². The summed E-state index contributed by atoms with van der Waals surface area (Å²) in [5.74, 6) is 1.99. The van der Waals surface area contributed by atoms with Crippen LogP contribution >= 0.6 is 0 Å². The zero-order valence-corrected chi connectivity index (χ0v) is 14.4. The minimum absolute atomic E-state index is 0.893. The zero-order valence-electron chi connectivity index (χ0n) is 14.4. The Morgan fingerprint density at radius 3 is 2.12 bits per heavy atom. The number of piperazine rings is 1. The first kappa shape index (κ1) is 15.2. The fourth-order valence-corrected chi connectivity index (χ4v) is 3.59. The molecule has 0 unspecified atom stereocenters. The van der Waals surface area contributed by atoms with Crippen molar-refractivity contribution in [2.75, 3.05) is 54.0 Å². The Morgan fingerprint density at radius 1 is 0.750 bits per heavy atom. The summed E-state index contributed by atoms with van der Waals surface area (Å²) in [6.45, 7) is 8.29. The maximum atomic E-state index is 4.86. The molecule has 1 aromatic heterocycles. The van der Waals surface area contributed by atoms with E-state index in [1.807, 2.05) is 0 Å². The molecule has 0 amide bonds. The van der Waals surface area contributed by atoms with Gasteiger partial charge in [-0.15, -0.1) is 0 Å². The van der Waals surface area contributed by atoms with Gasteiger partial charge in [-0.05, 0) is 31.9 Å². The fraction of sp³-hybridized carbons (Fsp3) is 0.474. The van der Waals surface area contributed by atoms with Crippen molar-refractivity contribution in [2.45, 2.75) is 19.8 Å². The average molecular weight is 323 g/mol. The van der Waals surface area contributed by atoms with Gasteiger partial charge in [0.05, 0.1) is 0 Å². The van der Waals surface area contributed by atoms with Crippen LogP contribution in [-0.2, 0) is 0 Å². The lowest BCUT2D eigenvalue weighted by atomic mass is 10.2. The molecule has 2 saturated heterocycles. The topological polar surface area (TPSA) is 35.5 Å². The number of aromatic nitrogens is 2. The minimum atomic E-state index is 0.893. The fourth-order valence-electron chi connectivity index (χ4n) is 3.59. The maximum absolute atomic E-state index is 4.86. The van der Waals surface area contributed by atoms with Gasteiger partial charge < -0.3 is 14.7 Å². The summed E-state index contributed by atoms with van der Waals surface area (Å²) < 4.78 is 0. The van der Waals surface area contributed by atoms with E-state index in [9.17, 15) is 0 Å². The SMILES string of the molecule is Cc1cc(N2CCCC2)nc(N2CCN(c3ccccc3)CC2)n1. The van der Waals surface area contributed by atoms with Crippen LogP contribution in [-0.4, -0.2) is 49.2 Å². The molecule has 0 radical (unpaired) electrons. The number of hydrogen-bond donors (Lipinski definition) is 0. The monoisotopic (exact) mass is 323 g/mol. The van der Waals surface area contributed by atoms with E-state index >= 15 is 0 Å². The van der Waals surface area contributed by atoms with Crippen molar-refractivity contribution in [3.8, 4) is 0 Å². The second-order valence-corrected chi connectivity index (χ2v) is 6.67. The van der Waals surface area contributed by atoms with Gasteiger partial charge in [0.25, 0.3) is 0 Å². The van der Waals surface area contributed by atoms with Crippen molar-refractivity contribution in [1.82, 2.24) is 9.97 Å². The summed E-state index contributed by atoms with van der Waals surface area (Å²) in [6.07, 6.45) is 2.54. The summed E-state index contributed by atoms with van der Waals surface area (Å²) in [5, 5.41) is 0. The molecular weight excluding hydrogens is 298 g/mol. The third kappa shape index (κ3) is 3.16. The van der Waals surface area contributed by atoms with E-state index in [2.05, 4.69) is 58.0 Å². The Hall–Kier alpha value is -2.30. The van der Waals surface area contributed by atoms with Crippen molar-refractivity contribution in [3.63, 3.8) is 0 Å². The van der Waals surface area contributed by atoms with E-state index < -0.39 is 0 Å². The number of benzene rings is 1. The Morgan fingerprint density at radius 2 is 1.42 bits per heavy atom. The Kier molecular flexibility index (Phi) is 4.24. The summed E-state index contributed by atoms with van der Waals surface area (Å²) in [4.78, 5) is 16.7. The number of aryl methyl sites for hydroxylation is 1. The lowest BCUT2D eigenvalue weighted by Gasteiger charge is -2.36. The van der Waals surface area contributed by atoms with E-state index in [1.165, 1.54) is 18.5 Å². The zero-order chi connectivity index (χ0) is 16.4. The minimum Gasteiger partial charge on any atom is -0.368 e. The first-order chi connectivity index (χ1) is 11.8. The number of para-hydroxylation sites is 1. The molecule has 2 aliphatic rings. The van der Waals surface area contributed by atoms with Gasteiger partial charge in [-0.3, -0.25) is 0 Å². The molecule has 126 valence electrons. The second kappa shape index (κ2) is 6.67. The quantitative estimate of drug-likeness (QED) is 0.868. The van der Waals surface area contributed by atoms with Crippen LogP contribution in [0.2, 0.25) is 0 Å². The molecule has 0 N–H and O–H groups in total. The molecule has 0 atom stereocenters. The average Bonchev–Trinajstić information content (AvgIpc) is 3.17. The molecule has 5 heteroatoms. The molecule has 0 spiro atoms. The summed E-state index contributed by atoms with van der Waals surface area (Å²) in [5.41, 5.74) is 2.37. The van der Waals surface area contributed by atoms with E-state index in [-0.39, 0.29) is 0 Å². The second-order valence-electron chi connectivity index (χ2n) is 6.67. The van der Waals surface area contributed by atoms with Gasteiger partial charge in [0.1, 0.15) is 5.82 Å². The molecule has 0 bridgehead atoms. The summed E-state index contributed by atoms with van der Waals surface area (Å²) in [7, 11) is 0. The highest BCUT2D eigenvalue weighted by Gasteiger charge is 2.21. The van der Waals surface area contributed by atoms with Crippen LogP contribution < -0.4 is 14.7 Å². The van der Waals surface area contributed by atoms with Crippen LogP contribution in [0.3, 0.4) is 0 Å². The first-order valence-electron chi connectivity index (χ1n) is 8.95. The Bertz CT molecular complexity index is 673. The van der Waals surface area contributed by atoms with Crippen molar-refractivity contribution in [2.24, 2.45) is 0 Å². The largest absolute Gasteiger partial charge is 0.368 e. The molecule has 0 aliphatic carbocycles. The summed E-state index contributed by atoms with van der Waals surface area (Å²) >= 11 is 0. The maximum Gasteiger partial charge on any atom is 0.227 e. The van der Waals surface area contributed by atoms with E-state index in [1.54, 1.807) is 0 Å². The van der Waals surface area contributed by atoms with Crippen LogP contribution in [0.5, 0.6) is 0 Å². The molecule has 3 heterocycles. The van der Waals surface area contributed by atoms with Gasteiger partial charge in [-0.2, -0.15) is 4.98 Å². The highest BCUT2D eigenvalue weighted by molar-refractivity contribution is 5.50. The van der Waals surface area contributed by atoms with Crippen molar-refractivity contribution in [1.29, 1.82) is 0 Å². The molecular formula is C19H25N5. The van der Waals surface area contributed by atoms with Gasteiger partial charge in [0.15, 0.2) is 0 Å². The van der Waals surface area contributed by atoms with Gasteiger partial charge in [-0.25, -0.2) is 4.98 Å². The van der Waals surface area contributed by atoms with Gasteiger partial charge in [0.2, 0.25) is 5.95 Å². The molecule has 4 rings (SSSR count). The van der Waals surface area contributed by atoms with Gasteiger partial charge in [-0.1, -0.05) is 18.2 Å². The molecule has 1 aromatic carbocycles. The standard InChI is InChI=1S/C19H25N5/c1-16-15-18(23-9-5-6-10-23)21-19(20-16)24-13-11-22(12-14-24)17-7-3-2-4-8-17/h2-4,7-8,15H,5-6,9-14H2,1H3. The van der Waals surface area contributed by atoms with Crippen LogP contribution in [0, 0.1) is 6.92 Å². The molecule has 2 fully saturated rings. The smallest absolute Gasteiger partial charge is 0.227 e. The molecule has 0 saturated carbocycles. The van der Waals surface area contributed by atoms with Crippen LogP contribution in [0.1, 0.15) is 18.5 Å². The highest BCUT2D eigenvalue weighted by atomic mass is 15.3. The van der Waals surface area contributed by atoms with Crippen LogP contribution in [0.25, 0.3) is 0 Å². The first-order valence-corrected chi connectivity index (χ1v) is 8.95. The number of anilines is 3. The Labute approximate surface area is 143 Å². The number of nitrogens with zero attached hydrogens (tertiary/aromatic N) is 5. The van der Waals surface area contributed by atoms with Crippen molar-refractivity contribution < 1.29 is 0 Å². The number of hydrogen-bond acceptors (Lipinski definition) is 5. The van der Waals surface area contributed by atoms with E-state index in [0.717, 1.165) is 56.7 Å². The molecule has 2 aromatic rings. The molecule has 24 heavy (non-hydrogen) atoms. The van der Waals surface area contributed by atoms with Crippen LogP contribution in [0.4, 0.5) is 17.5 Å². The van der Waals surface area contributed by atoms with E-state index in [0.29, 0.717) is 0 Å². The predicted molar refractivity (Wildman–Crippen MR) is 99.1 cm³/mol. The lowest BCUT2D eigenvalue weighted by molar-refractivity contribution is 0.638. The normalized spacial score (nSPS) is 18.3. The van der Waals surface area contributed by atoms with Gasteiger partial charge in [0, 0.05) is 56.7 Å². The summed E-state index contributed by atoms with van der Waals surface area (Å²) in [6, 6.07) is 12.8. The molecule has 5 nitrogen and oxygen atoms in total. The van der Waals surface area contributed by atoms with Gasteiger partial charge >= 0.3 is 0 Å². The third-order valence-electron chi connectivity index (χ3n) is 4.94. The lowest BCUT2D eigenvalue weighted by Crippen LogP contribution is -2.47. The van der Waals surface area contributed by atoms with Crippen molar-refractivity contribution in [3.05, 3.63) is 42.1 Å². The number of rotatable bonds is 3.